The van der Waals surface area contributed by atoms with Crippen molar-refractivity contribution in [1.29, 1.82) is 5.41 Å². The number of fused-ring (bicyclic) bond motifs is 1. The summed E-state index contributed by atoms with van der Waals surface area (Å²) in [6, 6.07) is 14.0. The molecule has 0 saturated carbocycles. The van der Waals surface area contributed by atoms with Gasteiger partial charge in [-0.05, 0) is 72.7 Å². The van der Waals surface area contributed by atoms with E-state index in [0.717, 1.165) is 39.9 Å². The Morgan fingerprint density at radius 1 is 1.00 bits per heavy atom. The first-order valence-corrected chi connectivity index (χ1v) is 15.8. The topological polar surface area (TPSA) is 152 Å². The molecule has 3 aromatic rings. The third-order valence-corrected chi connectivity index (χ3v) is 9.28. The molecule has 2 aliphatic heterocycles. The predicted octanol–water partition coefficient (Wildman–Crippen LogP) is 3.36. The number of amidine groups is 1. The number of methoxy groups -OCH3 is 2. The van der Waals surface area contributed by atoms with Crippen molar-refractivity contribution in [1.82, 2.24) is 9.80 Å². The maximum Gasteiger partial charge on any atom is 0.247 e. The average Bonchev–Trinajstić information content (AvgIpc) is 3.04. The molecule has 0 spiro atoms. The number of nitrogens with zero attached hydrogens (tertiary/aromatic N) is 3. The van der Waals surface area contributed by atoms with E-state index in [1.54, 1.807) is 48.4 Å². The van der Waals surface area contributed by atoms with E-state index in [9.17, 15) is 18.4 Å². The van der Waals surface area contributed by atoms with Gasteiger partial charge in [0, 0.05) is 48.6 Å². The maximum atomic E-state index is 14.2. The smallest absolute Gasteiger partial charge is 0.247 e. The molecule has 0 aromatic heterocycles. The first kappa shape index (κ1) is 31.3. The Hall–Kier alpha value is -4.16. The van der Waals surface area contributed by atoms with E-state index in [4.69, 9.17) is 20.6 Å². The fourth-order valence-electron chi connectivity index (χ4n) is 6.18. The summed E-state index contributed by atoms with van der Waals surface area (Å²) < 4.78 is 37.4. The lowest BCUT2D eigenvalue weighted by Crippen LogP contribution is -2.60. The van der Waals surface area contributed by atoms with E-state index in [1.807, 2.05) is 23.1 Å². The van der Waals surface area contributed by atoms with Crippen LogP contribution >= 0.6 is 0 Å². The van der Waals surface area contributed by atoms with Gasteiger partial charge in [0.2, 0.25) is 11.8 Å². The summed E-state index contributed by atoms with van der Waals surface area (Å²) in [5.74, 6) is 0.473. The van der Waals surface area contributed by atoms with Gasteiger partial charge in [0.15, 0.2) is 11.5 Å². The second-order valence-electron chi connectivity index (χ2n) is 11.2. The predicted molar refractivity (Wildman–Crippen MR) is 169 cm³/mol. The largest absolute Gasteiger partial charge is 0.755 e. The quantitative estimate of drug-likeness (QED) is 0.200. The molecule has 3 N–H and O–H groups in total. The van der Waals surface area contributed by atoms with Crippen LogP contribution in [0.25, 0.3) is 10.8 Å². The van der Waals surface area contributed by atoms with Crippen LogP contribution in [0.3, 0.4) is 0 Å². The molecular weight excluding hydrogens is 582 g/mol. The number of carbonyl (C=O) groups excluding carboxylic acids is 2. The second kappa shape index (κ2) is 13.6. The van der Waals surface area contributed by atoms with Crippen LogP contribution in [0.15, 0.2) is 54.6 Å². The highest BCUT2D eigenvalue weighted by Crippen LogP contribution is 2.35. The maximum absolute atomic E-state index is 14.2. The minimum atomic E-state index is -2.76. The van der Waals surface area contributed by atoms with E-state index in [0.29, 0.717) is 55.2 Å². The zero-order valence-corrected chi connectivity index (χ0v) is 25.8. The van der Waals surface area contributed by atoms with Crippen molar-refractivity contribution in [3.63, 3.8) is 0 Å². The molecule has 2 saturated heterocycles. The van der Waals surface area contributed by atoms with Gasteiger partial charge in [-0.1, -0.05) is 30.3 Å². The molecule has 2 fully saturated rings. The number of piperidine rings is 2. The van der Waals surface area contributed by atoms with Gasteiger partial charge < -0.3 is 29.6 Å². The Balaban J connectivity index is 1.47. The molecule has 3 unspecified atom stereocenters. The standard InChI is InChI=1S/C32H39N5O6S/c1-42-28-19-23-12-13-25(18-24(23)20-29(28)43-2)37(44(40)41)26-7-6-16-36(32(26)39)27(31(38)35-14-4-3-5-15-35)17-21-8-10-22(11-9-21)30(33)34/h8-13,18-20,26-27H,3-7,14-17H2,1-2H3,(H3,33,34)(H,40,41)/p-1. The van der Waals surface area contributed by atoms with Crippen molar-refractivity contribution in [3.05, 3.63) is 65.7 Å². The third kappa shape index (κ3) is 6.51. The molecule has 2 heterocycles. The Bertz CT molecular complexity index is 1560. The number of rotatable bonds is 10. The summed E-state index contributed by atoms with van der Waals surface area (Å²) in [7, 11) is 3.08. The highest BCUT2D eigenvalue weighted by molar-refractivity contribution is 7.80. The monoisotopic (exact) mass is 620 g/mol. The molecule has 12 heteroatoms. The summed E-state index contributed by atoms with van der Waals surface area (Å²) in [5, 5.41) is 9.23. The van der Waals surface area contributed by atoms with Gasteiger partial charge >= 0.3 is 0 Å². The van der Waals surface area contributed by atoms with E-state index in [-0.39, 0.29) is 18.2 Å². The summed E-state index contributed by atoms with van der Waals surface area (Å²) in [5.41, 5.74) is 7.36. The highest BCUT2D eigenvalue weighted by atomic mass is 32.2. The lowest BCUT2D eigenvalue weighted by molar-refractivity contribution is -0.148. The summed E-state index contributed by atoms with van der Waals surface area (Å²) in [6.45, 7) is 1.61. The molecule has 234 valence electrons. The van der Waals surface area contributed by atoms with Crippen molar-refractivity contribution in [2.45, 2.75) is 50.6 Å². The minimum absolute atomic E-state index is 0.0523. The van der Waals surface area contributed by atoms with Crippen molar-refractivity contribution in [3.8, 4) is 11.5 Å². The molecular formula is C32H38N5O6S-. The van der Waals surface area contributed by atoms with Crippen molar-refractivity contribution in [2.75, 3.05) is 38.2 Å². The fraction of sp³-hybridized carbons (Fsp3) is 0.406. The van der Waals surface area contributed by atoms with Gasteiger partial charge in [-0.2, -0.15) is 0 Å². The molecule has 0 radical (unpaired) electrons. The number of hydrogen-bond donors (Lipinski definition) is 2. The van der Waals surface area contributed by atoms with Crippen LogP contribution < -0.4 is 19.5 Å². The van der Waals surface area contributed by atoms with Crippen LogP contribution in [0.1, 0.15) is 43.2 Å². The van der Waals surface area contributed by atoms with Crippen molar-refractivity contribution < 1.29 is 27.8 Å². The van der Waals surface area contributed by atoms with Crippen LogP contribution in [-0.4, -0.2) is 82.1 Å². The first-order valence-electron chi connectivity index (χ1n) is 14.8. The Kier molecular flexibility index (Phi) is 9.70. The summed E-state index contributed by atoms with van der Waals surface area (Å²) in [4.78, 5) is 31.6. The molecule has 3 aromatic carbocycles. The van der Waals surface area contributed by atoms with Gasteiger partial charge in [-0.3, -0.25) is 23.5 Å². The van der Waals surface area contributed by atoms with Crippen LogP contribution in [0, 0.1) is 5.41 Å². The van der Waals surface area contributed by atoms with E-state index >= 15 is 0 Å². The van der Waals surface area contributed by atoms with Crippen LogP contribution in [0.2, 0.25) is 0 Å². The number of benzene rings is 3. The van der Waals surface area contributed by atoms with Crippen LogP contribution in [-0.2, 0) is 27.3 Å². The molecule has 44 heavy (non-hydrogen) atoms. The Morgan fingerprint density at radius 3 is 2.27 bits per heavy atom. The number of nitrogen functional groups attached to an aromatic ring is 1. The Morgan fingerprint density at radius 2 is 1.66 bits per heavy atom. The average molecular weight is 621 g/mol. The molecule has 2 amide bonds. The molecule has 3 atom stereocenters. The summed E-state index contributed by atoms with van der Waals surface area (Å²) >= 11 is -2.76. The normalized spacial score (nSPS) is 18.5. The Labute approximate surface area is 259 Å². The molecule has 11 nitrogen and oxygen atoms in total. The fourth-order valence-corrected chi connectivity index (χ4v) is 6.86. The highest BCUT2D eigenvalue weighted by Gasteiger charge is 2.41. The molecule has 0 bridgehead atoms. The zero-order chi connectivity index (χ0) is 31.4. The summed E-state index contributed by atoms with van der Waals surface area (Å²) in [6.07, 6.45) is 4.00. The van der Waals surface area contributed by atoms with Crippen LogP contribution in [0.5, 0.6) is 11.5 Å². The van der Waals surface area contributed by atoms with Gasteiger partial charge in [-0.25, -0.2) is 0 Å². The lowest BCUT2D eigenvalue weighted by atomic mass is 9.96. The van der Waals surface area contributed by atoms with Gasteiger partial charge in [0.1, 0.15) is 17.9 Å². The zero-order valence-electron chi connectivity index (χ0n) is 25.0. The number of nitrogens with two attached hydrogens (primary N) is 1. The lowest BCUT2D eigenvalue weighted by Gasteiger charge is -2.43. The van der Waals surface area contributed by atoms with E-state index < -0.39 is 29.3 Å². The van der Waals surface area contributed by atoms with Gasteiger partial charge in [0.05, 0.1) is 14.2 Å². The number of anilines is 1. The first-order chi connectivity index (χ1) is 21.2. The van der Waals surface area contributed by atoms with E-state index in [2.05, 4.69) is 0 Å². The van der Waals surface area contributed by atoms with Crippen molar-refractivity contribution in [2.24, 2.45) is 5.73 Å². The molecule has 0 aliphatic carbocycles. The molecule has 2 aliphatic rings. The number of ether oxygens (including phenoxy) is 2. The SMILES string of the molecule is COc1cc2ccc(N(C3CCCN(C(Cc4ccc(C(=N)N)cc4)C(=O)N4CCCCC4)C3=O)S(=O)[O-])cc2cc1OC. The number of nitrogens with one attached hydrogen (secondary N) is 1. The third-order valence-electron chi connectivity index (χ3n) is 8.49. The van der Waals surface area contributed by atoms with E-state index in [1.165, 1.54) is 7.11 Å². The van der Waals surface area contributed by atoms with Crippen molar-refractivity contribution >= 4 is 45.4 Å². The van der Waals surface area contributed by atoms with Crippen LogP contribution in [0.4, 0.5) is 5.69 Å². The number of carbonyl (C=O) groups is 2. The number of likely N-dealkylation sites (tertiary alicyclic amines) is 2. The number of amides is 2. The molecule has 5 rings (SSSR count). The number of hydrogen-bond acceptors (Lipinski definition) is 7. The minimum Gasteiger partial charge on any atom is -0.755 e. The second-order valence-corrected chi connectivity index (χ2v) is 12.0. The van der Waals surface area contributed by atoms with Gasteiger partial charge in [-0.15, -0.1) is 0 Å². The van der Waals surface area contributed by atoms with Gasteiger partial charge in [0.25, 0.3) is 0 Å².